The number of hydrogen-bond acceptors (Lipinski definition) is 5. The van der Waals surface area contributed by atoms with Crippen LogP contribution in [0.3, 0.4) is 0 Å². The zero-order chi connectivity index (χ0) is 17.9. The van der Waals surface area contributed by atoms with Crippen molar-refractivity contribution >= 4 is 17.6 Å². The number of nitrogens with one attached hydrogen (secondary N) is 1. The highest BCUT2D eigenvalue weighted by Crippen LogP contribution is 2.48. The van der Waals surface area contributed by atoms with E-state index in [2.05, 4.69) is 42.4 Å². The zero-order valence-corrected chi connectivity index (χ0v) is 13.9. The molecule has 1 fully saturated rings. The summed E-state index contributed by atoms with van der Waals surface area (Å²) < 4.78 is 5.30. The van der Waals surface area contributed by atoms with Crippen LogP contribution in [0.5, 0.6) is 5.75 Å². The molecule has 2 aliphatic heterocycles. The number of carboxylic acid groups (broad SMARTS) is 2. The fraction of sp³-hybridized carbons (Fsp3) is 0.412. The number of methoxy groups -OCH3 is 1. The minimum atomic E-state index is -1.26. The number of hydrogen-bond donors (Lipinski definition) is 3. The van der Waals surface area contributed by atoms with Gasteiger partial charge in [-0.3, -0.25) is 5.32 Å². The highest BCUT2D eigenvalue weighted by Gasteiger charge is 2.49. The van der Waals surface area contributed by atoms with Gasteiger partial charge in [0.15, 0.2) is 0 Å². The maximum atomic E-state index is 9.55. The molecule has 0 bridgehead atoms. The van der Waals surface area contributed by atoms with Crippen molar-refractivity contribution in [2.75, 3.05) is 25.6 Å². The van der Waals surface area contributed by atoms with Crippen LogP contribution < -0.4 is 15.0 Å². The van der Waals surface area contributed by atoms with E-state index in [0.29, 0.717) is 18.3 Å². The predicted octanol–water partition coefficient (Wildman–Crippen LogP) is 1.43. The lowest BCUT2D eigenvalue weighted by Gasteiger charge is -2.27. The van der Waals surface area contributed by atoms with Gasteiger partial charge in [0.1, 0.15) is 5.75 Å². The van der Waals surface area contributed by atoms with Gasteiger partial charge in [0.25, 0.3) is 0 Å². The van der Waals surface area contributed by atoms with Crippen LogP contribution in [0.15, 0.2) is 30.4 Å². The largest absolute Gasteiger partial charge is 0.497 e. The predicted molar refractivity (Wildman–Crippen MR) is 89.6 cm³/mol. The molecule has 2 aliphatic rings. The third kappa shape index (κ3) is 3.35. The van der Waals surface area contributed by atoms with E-state index in [4.69, 9.17) is 14.9 Å². The van der Waals surface area contributed by atoms with Gasteiger partial charge >= 0.3 is 11.9 Å². The van der Waals surface area contributed by atoms with E-state index < -0.39 is 11.9 Å². The summed E-state index contributed by atoms with van der Waals surface area (Å²) >= 11 is 0. The van der Waals surface area contributed by atoms with Crippen LogP contribution >= 0.6 is 0 Å². The van der Waals surface area contributed by atoms with Gasteiger partial charge in [0, 0.05) is 36.4 Å². The molecule has 3 N–H and O–H groups in total. The van der Waals surface area contributed by atoms with Crippen LogP contribution in [-0.4, -0.2) is 49.0 Å². The number of carboxylic acids is 2. The molecule has 24 heavy (non-hydrogen) atoms. The number of aliphatic carboxylic acids is 2. The summed E-state index contributed by atoms with van der Waals surface area (Å²) in [6.07, 6.45) is 2.76. The fourth-order valence-corrected chi connectivity index (χ4v) is 3.37. The molecule has 2 atom stereocenters. The smallest absolute Gasteiger partial charge is 0.328 e. The molecule has 1 aromatic carbocycles. The fourth-order valence-electron chi connectivity index (χ4n) is 3.37. The Morgan fingerprint density at radius 3 is 2.50 bits per heavy atom. The maximum Gasteiger partial charge on any atom is 0.328 e. The average molecular weight is 334 g/mol. The number of fused-ring (bicyclic) bond motifs is 3. The first kappa shape index (κ1) is 17.8. The minimum absolute atomic E-state index is 0.260. The molecule has 2 unspecified atom stereocenters. The Hall–Kier alpha value is -2.54. The normalized spacial score (nSPS) is 24.1. The second-order valence-corrected chi connectivity index (χ2v) is 6.03. The third-order valence-corrected chi connectivity index (χ3v) is 4.54. The highest BCUT2D eigenvalue weighted by molar-refractivity contribution is 5.89. The second-order valence-electron chi connectivity index (χ2n) is 6.03. The van der Waals surface area contributed by atoms with E-state index in [1.54, 1.807) is 7.11 Å². The van der Waals surface area contributed by atoms with Gasteiger partial charge in [-0.2, -0.15) is 0 Å². The Balaban J connectivity index is 0.000000224. The van der Waals surface area contributed by atoms with E-state index in [9.17, 15) is 9.59 Å². The van der Waals surface area contributed by atoms with Crippen molar-refractivity contribution in [1.82, 2.24) is 5.32 Å². The molecule has 7 nitrogen and oxygen atoms in total. The molecule has 0 amide bonds. The van der Waals surface area contributed by atoms with Gasteiger partial charge in [-0.15, -0.1) is 0 Å². The van der Waals surface area contributed by atoms with Crippen LogP contribution in [0.1, 0.15) is 18.9 Å². The summed E-state index contributed by atoms with van der Waals surface area (Å²) in [5.74, 6) is -1.58. The third-order valence-electron chi connectivity index (χ3n) is 4.54. The number of anilines is 1. The lowest BCUT2D eigenvalue weighted by molar-refractivity contribution is -0.134. The highest BCUT2D eigenvalue weighted by atomic mass is 16.5. The molecule has 7 heteroatoms. The molecule has 1 saturated heterocycles. The molecule has 2 heterocycles. The SMILES string of the molecule is COc1ccc2c(c1)N(C)C1NCCC21C.O=C(O)/C=C\C(=O)O. The quantitative estimate of drug-likeness (QED) is 0.719. The maximum absolute atomic E-state index is 9.55. The number of benzene rings is 1. The number of carbonyl (C=O) groups is 2. The molecule has 1 aromatic rings. The van der Waals surface area contributed by atoms with Gasteiger partial charge in [0.2, 0.25) is 0 Å². The Bertz CT molecular complexity index is 657. The molecule has 0 spiro atoms. The van der Waals surface area contributed by atoms with Crippen molar-refractivity contribution in [2.24, 2.45) is 0 Å². The van der Waals surface area contributed by atoms with Crippen LogP contribution in [-0.2, 0) is 15.0 Å². The standard InChI is InChI=1S/C13H18N2O.C4H4O4/c1-13-6-7-14-12(13)15(2)11-8-9(16-3)4-5-10(11)13;5-3(6)1-2-4(7)8/h4-5,8,12,14H,6-7H2,1-3H3;1-2H,(H,5,6)(H,7,8)/b;2-1-. The molecule has 0 saturated carbocycles. The second kappa shape index (κ2) is 6.92. The van der Waals surface area contributed by atoms with Gasteiger partial charge < -0.3 is 19.8 Å². The lowest BCUT2D eigenvalue weighted by atomic mass is 9.81. The Labute approximate surface area is 140 Å². The molecule has 0 radical (unpaired) electrons. The lowest BCUT2D eigenvalue weighted by Crippen LogP contribution is -2.44. The van der Waals surface area contributed by atoms with Crippen molar-refractivity contribution in [3.05, 3.63) is 35.9 Å². The van der Waals surface area contributed by atoms with Crippen molar-refractivity contribution in [3.8, 4) is 5.75 Å². The van der Waals surface area contributed by atoms with Crippen LogP contribution in [0, 0.1) is 0 Å². The van der Waals surface area contributed by atoms with Crippen molar-refractivity contribution in [2.45, 2.75) is 24.9 Å². The first-order valence-corrected chi connectivity index (χ1v) is 7.58. The Morgan fingerprint density at radius 2 is 1.96 bits per heavy atom. The van der Waals surface area contributed by atoms with E-state index >= 15 is 0 Å². The minimum Gasteiger partial charge on any atom is -0.497 e. The number of nitrogens with zero attached hydrogens (tertiary/aromatic N) is 1. The van der Waals surface area contributed by atoms with Gasteiger partial charge in [0.05, 0.1) is 13.3 Å². The van der Waals surface area contributed by atoms with E-state index in [1.807, 2.05) is 0 Å². The number of likely N-dealkylation sites (N-methyl/N-ethyl adjacent to an activating group) is 1. The molecular weight excluding hydrogens is 312 g/mol. The first-order valence-electron chi connectivity index (χ1n) is 7.58. The van der Waals surface area contributed by atoms with E-state index in [1.165, 1.54) is 17.7 Å². The van der Waals surface area contributed by atoms with Gasteiger partial charge in [-0.05, 0) is 24.6 Å². The summed E-state index contributed by atoms with van der Waals surface area (Å²) in [6, 6.07) is 6.43. The van der Waals surface area contributed by atoms with Crippen LogP contribution in [0.4, 0.5) is 5.69 Å². The number of rotatable bonds is 3. The molecule has 3 rings (SSSR count). The molecule has 130 valence electrons. The summed E-state index contributed by atoms with van der Waals surface area (Å²) in [4.78, 5) is 21.4. The summed E-state index contributed by atoms with van der Waals surface area (Å²) in [5.41, 5.74) is 3.01. The summed E-state index contributed by atoms with van der Waals surface area (Å²) in [6.45, 7) is 3.46. The van der Waals surface area contributed by atoms with E-state index in [0.717, 1.165) is 12.3 Å². The van der Waals surface area contributed by atoms with Crippen molar-refractivity contribution in [3.63, 3.8) is 0 Å². The van der Waals surface area contributed by atoms with Crippen LogP contribution in [0.25, 0.3) is 0 Å². The Morgan fingerprint density at radius 1 is 1.33 bits per heavy atom. The molecule has 0 aromatic heterocycles. The number of ether oxygens (including phenoxy) is 1. The van der Waals surface area contributed by atoms with E-state index in [-0.39, 0.29) is 5.41 Å². The zero-order valence-electron chi connectivity index (χ0n) is 13.9. The van der Waals surface area contributed by atoms with Gasteiger partial charge in [-0.25, -0.2) is 9.59 Å². The topological polar surface area (TPSA) is 99.1 Å². The van der Waals surface area contributed by atoms with Crippen LogP contribution in [0.2, 0.25) is 0 Å². The Kier molecular flexibility index (Phi) is 5.14. The first-order chi connectivity index (χ1) is 11.3. The molecular formula is C17H22N2O5. The van der Waals surface area contributed by atoms with Gasteiger partial charge in [-0.1, -0.05) is 13.0 Å². The van der Waals surface area contributed by atoms with Crippen molar-refractivity contribution in [1.29, 1.82) is 0 Å². The average Bonchev–Trinajstić information content (AvgIpc) is 3.02. The monoisotopic (exact) mass is 334 g/mol. The summed E-state index contributed by atoms with van der Waals surface area (Å²) in [7, 11) is 3.88. The summed E-state index contributed by atoms with van der Waals surface area (Å²) in [5, 5.41) is 19.2. The molecule has 0 aliphatic carbocycles. The van der Waals surface area contributed by atoms with Crippen molar-refractivity contribution < 1.29 is 24.5 Å².